The lowest BCUT2D eigenvalue weighted by molar-refractivity contribution is -0.137. The number of carbonyl (C=O) groups excluding carboxylic acids is 1. The molecule has 0 aliphatic carbocycles. The van der Waals surface area contributed by atoms with E-state index in [4.69, 9.17) is 4.42 Å². The van der Waals surface area contributed by atoms with Crippen LogP contribution in [0.2, 0.25) is 0 Å². The summed E-state index contributed by atoms with van der Waals surface area (Å²) in [7, 11) is 0. The third kappa shape index (κ3) is 3.84. The minimum absolute atomic E-state index is 0.380. The van der Waals surface area contributed by atoms with Gasteiger partial charge < -0.3 is 9.73 Å². The molecule has 3 rings (SSSR count). The van der Waals surface area contributed by atoms with Crippen LogP contribution in [-0.4, -0.2) is 11.9 Å². The van der Waals surface area contributed by atoms with Gasteiger partial charge in [-0.25, -0.2) is 0 Å². The van der Waals surface area contributed by atoms with E-state index in [1.165, 1.54) is 18.2 Å². The molecule has 2 aromatic carbocycles. The van der Waals surface area contributed by atoms with Gasteiger partial charge in [-0.15, -0.1) is 0 Å². The summed E-state index contributed by atoms with van der Waals surface area (Å²) in [5.74, 6) is -0.0883. The molecule has 0 saturated carbocycles. The van der Waals surface area contributed by atoms with E-state index in [0.717, 1.165) is 17.0 Å². The summed E-state index contributed by atoms with van der Waals surface area (Å²) in [4.78, 5) is 12.2. The molecule has 1 aromatic heterocycles. The molecule has 0 aliphatic heterocycles. The summed E-state index contributed by atoms with van der Waals surface area (Å²) >= 11 is 0. The first kappa shape index (κ1) is 17.1. The van der Waals surface area contributed by atoms with Gasteiger partial charge in [0, 0.05) is 17.8 Å². The molecule has 6 heteroatoms. The highest BCUT2D eigenvalue weighted by molar-refractivity contribution is 5.96. The van der Waals surface area contributed by atoms with Crippen LogP contribution >= 0.6 is 0 Å². The largest absolute Gasteiger partial charge is 0.461 e. The molecule has 1 amide bonds. The number of carbonyl (C=O) groups is 1. The van der Waals surface area contributed by atoms with Crippen molar-refractivity contribution in [2.45, 2.75) is 25.6 Å². The molecule has 0 fully saturated rings. The van der Waals surface area contributed by atoms with Crippen LogP contribution in [0.25, 0.3) is 11.0 Å². The molecular weight excluding hydrogens is 331 g/mol. The quantitative estimate of drug-likeness (QED) is 0.736. The van der Waals surface area contributed by atoms with Crippen molar-refractivity contribution in [1.29, 1.82) is 0 Å². The summed E-state index contributed by atoms with van der Waals surface area (Å²) < 4.78 is 44.7. The number of hydrogen-bond acceptors (Lipinski definition) is 2. The molecule has 0 unspecified atom stereocenters. The van der Waals surface area contributed by atoms with E-state index in [9.17, 15) is 18.0 Å². The molecule has 0 aliphatic rings. The van der Waals surface area contributed by atoms with Crippen LogP contribution in [0.3, 0.4) is 0 Å². The zero-order chi connectivity index (χ0) is 18.0. The molecule has 0 bridgehead atoms. The second-order valence-corrected chi connectivity index (χ2v) is 5.87. The van der Waals surface area contributed by atoms with Crippen molar-refractivity contribution in [3.8, 4) is 0 Å². The van der Waals surface area contributed by atoms with Crippen LogP contribution < -0.4 is 5.32 Å². The SMILES string of the molecule is C[C@H](Cc1cc2ccccc2o1)NC(=O)c1ccccc1C(F)(F)F. The first-order chi connectivity index (χ1) is 11.8. The van der Waals surface area contributed by atoms with Gasteiger partial charge in [0.2, 0.25) is 0 Å². The lowest BCUT2D eigenvalue weighted by Gasteiger charge is -2.16. The Labute approximate surface area is 142 Å². The first-order valence-corrected chi connectivity index (χ1v) is 7.79. The van der Waals surface area contributed by atoms with E-state index in [0.29, 0.717) is 12.2 Å². The van der Waals surface area contributed by atoms with Gasteiger partial charge in [-0.2, -0.15) is 13.2 Å². The predicted molar refractivity (Wildman–Crippen MR) is 88.3 cm³/mol. The Hall–Kier alpha value is -2.76. The summed E-state index contributed by atoms with van der Waals surface area (Å²) in [6.45, 7) is 1.72. The predicted octanol–water partition coefficient (Wildman–Crippen LogP) is 4.81. The van der Waals surface area contributed by atoms with Crippen molar-refractivity contribution in [3.63, 3.8) is 0 Å². The molecule has 3 nitrogen and oxygen atoms in total. The van der Waals surface area contributed by atoms with Gasteiger partial charge in [-0.3, -0.25) is 4.79 Å². The second kappa shape index (κ2) is 6.63. The van der Waals surface area contributed by atoms with E-state index in [2.05, 4.69) is 5.32 Å². The molecule has 1 N–H and O–H groups in total. The summed E-state index contributed by atoms with van der Waals surface area (Å²) in [6, 6.07) is 13.7. The lowest BCUT2D eigenvalue weighted by atomic mass is 10.1. The average molecular weight is 347 g/mol. The molecule has 130 valence electrons. The number of halogens is 3. The maximum atomic E-state index is 13.0. The van der Waals surface area contributed by atoms with Crippen molar-refractivity contribution in [2.24, 2.45) is 0 Å². The number of fused-ring (bicyclic) bond motifs is 1. The highest BCUT2D eigenvalue weighted by atomic mass is 19.4. The Morgan fingerprint density at radius 3 is 2.52 bits per heavy atom. The van der Waals surface area contributed by atoms with Gasteiger partial charge in [0.25, 0.3) is 5.91 Å². The Morgan fingerprint density at radius 2 is 1.80 bits per heavy atom. The van der Waals surface area contributed by atoms with Crippen LogP contribution in [0.5, 0.6) is 0 Å². The fraction of sp³-hybridized carbons (Fsp3) is 0.211. The van der Waals surface area contributed by atoms with Crippen LogP contribution in [0, 0.1) is 0 Å². The van der Waals surface area contributed by atoms with Gasteiger partial charge in [0.15, 0.2) is 0 Å². The molecule has 1 heterocycles. The van der Waals surface area contributed by atoms with Crippen LogP contribution in [0.1, 0.15) is 28.6 Å². The maximum Gasteiger partial charge on any atom is 0.417 e. The fourth-order valence-electron chi connectivity index (χ4n) is 2.72. The number of nitrogens with one attached hydrogen (secondary N) is 1. The van der Waals surface area contributed by atoms with Crippen LogP contribution in [0.4, 0.5) is 13.2 Å². The number of amides is 1. The summed E-state index contributed by atoms with van der Waals surface area (Å²) in [5, 5.41) is 3.55. The third-order valence-corrected chi connectivity index (χ3v) is 3.84. The topological polar surface area (TPSA) is 42.2 Å². The first-order valence-electron chi connectivity index (χ1n) is 7.79. The Morgan fingerprint density at radius 1 is 1.12 bits per heavy atom. The molecule has 0 radical (unpaired) electrons. The standard InChI is InChI=1S/C19H16F3NO2/c1-12(10-14-11-13-6-2-5-9-17(13)25-14)23-18(24)15-7-3-4-8-16(15)19(20,21)22/h2-9,11-12H,10H2,1H3,(H,23,24)/t12-/m1/s1. The highest BCUT2D eigenvalue weighted by Gasteiger charge is 2.35. The summed E-state index contributed by atoms with van der Waals surface area (Å²) in [6.07, 6.45) is -4.19. The Kier molecular flexibility index (Phi) is 4.53. The van der Waals surface area contributed by atoms with Gasteiger partial charge in [-0.05, 0) is 31.2 Å². The van der Waals surface area contributed by atoms with E-state index in [-0.39, 0.29) is 11.6 Å². The highest BCUT2D eigenvalue weighted by Crippen LogP contribution is 2.31. The molecular formula is C19H16F3NO2. The van der Waals surface area contributed by atoms with Crippen molar-refractivity contribution >= 4 is 16.9 Å². The van der Waals surface area contributed by atoms with Crippen molar-refractivity contribution < 1.29 is 22.4 Å². The van der Waals surface area contributed by atoms with Gasteiger partial charge in [0.1, 0.15) is 11.3 Å². The number of benzene rings is 2. The van der Waals surface area contributed by atoms with Gasteiger partial charge >= 0.3 is 6.18 Å². The monoisotopic (exact) mass is 347 g/mol. The van der Waals surface area contributed by atoms with E-state index < -0.39 is 17.6 Å². The molecule has 0 spiro atoms. The fourth-order valence-corrected chi connectivity index (χ4v) is 2.72. The number of furan rings is 1. The minimum atomic E-state index is -4.57. The molecule has 1 atom stereocenters. The normalized spacial score (nSPS) is 13.0. The zero-order valence-corrected chi connectivity index (χ0v) is 13.4. The Balaban J connectivity index is 1.73. The Bertz CT molecular complexity index is 866. The number of para-hydroxylation sites is 1. The van der Waals surface area contributed by atoms with Gasteiger partial charge in [-0.1, -0.05) is 30.3 Å². The van der Waals surface area contributed by atoms with E-state index in [1.807, 2.05) is 30.3 Å². The van der Waals surface area contributed by atoms with Crippen molar-refractivity contribution in [3.05, 3.63) is 71.5 Å². The van der Waals surface area contributed by atoms with E-state index in [1.54, 1.807) is 6.92 Å². The van der Waals surface area contributed by atoms with Crippen LogP contribution in [0.15, 0.2) is 59.0 Å². The van der Waals surface area contributed by atoms with E-state index >= 15 is 0 Å². The second-order valence-electron chi connectivity index (χ2n) is 5.87. The molecule has 3 aromatic rings. The third-order valence-electron chi connectivity index (χ3n) is 3.84. The molecule has 0 saturated heterocycles. The average Bonchev–Trinajstić information content (AvgIpc) is 2.95. The number of hydrogen-bond donors (Lipinski definition) is 1. The maximum absolute atomic E-state index is 13.0. The van der Waals surface area contributed by atoms with Crippen molar-refractivity contribution in [1.82, 2.24) is 5.32 Å². The van der Waals surface area contributed by atoms with Crippen LogP contribution in [-0.2, 0) is 12.6 Å². The smallest absolute Gasteiger partial charge is 0.417 e. The lowest BCUT2D eigenvalue weighted by Crippen LogP contribution is -2.35. The minimum Gasteiger partial charge on any atom is -0.461 e. The van der Waals surface area contributed by atoms with Gasteiger partial charge in [0.05, 0.1) is 11.1 Å². The summed E-state index contributed by atoms with van der Waals surface area (Å²) in [5.41, 5.74) is -0.590. The molecule has 25 heavy (non-hydrogen) atoms. The zero-order valence-electron chi connectivity index (χ0n) is 13.4. The van der Waals surface area contributed by atoms with Crippen molar-refractivity contribution in [2.75, 3.05) is 0 Å². The number of rotatable bonds is 4. The number of alkyl halides is 3.